The van der Waals surface area contributed by atoms with E-state index in [2.05, 4.69) is 24.1 Å². The average Bonchev–Trinajstić information content (AvgIpc) is 2.64. The monoisotopic (exact) mass is 254 g/mol. The van der Waals surface area contributed by atoms with Gasteiger partial charge in [-0.05, 0) is 32.4 Å². The predicted octanol–water partition coefficient (Wildman–Crippen LogP) is 2.27. The van der Waals surface area contributed by atoms with Crippen molar-refractivity contribution in [1.29, 1.82) is 0 Å². The Labute approximate surface area is 112 Å². The van der Waals surface area contributed by atoms with Crippen molar-refractivity contribution >= 4 is 0 Å². The fourth-order valence-corrected chi connectivity index (χ4v) is 3.16. The van der Waals surface area contributed by atoms with E-state index in [1.807, 2.05) is 0 Å². The molecular formula is C15H30N2O. The summed E-state index contributed by atoms with van der Waals surface area (Å²) in [7, 11) is 0. The minimum Gasteiger partial charge on any atom is -0.381 e. The van der Waals surface area contributed by atoms with Gasteiger partial charge in [0.05, 0.1) is 6.61 Å². The zero-order valence-corrected chi connectivity index (χ0v) is 12.2. The Bertz CT molecular complexity index is 229. The summed E-state index contributed by atoms with van der Waals surface area (Å²) >= 11 is 0. The third-order valence-electron chi connectivity index (χ3n) is 4.33. The van der Waals surface area contributed by atoms with E-state index in [1.54, 1.807) is 0 Å². The number of nitrogens with zero attached hydrogens (tertiary/aromatic N) is 1. The lowest BCUT2D eigenvalue weighted by molar-refractivity contribution is 0.108. The predicted molar refractivity (Wildman–Crippen MR) is 75.9 cm³/mol. The molecule has 1 N–H and O–H groups in total. The maximum absolute atomic E-state index is 5.70. The molecule has 0 spiro atoms. The second-order valence-electron chi connectivity index (χ2n) is 6.53. The Morgan fingerprint density at radius 1 is 1.17 bits per heavy atom. The van der Waals surface area contributed by atoms with Crippen molar-refractivity contribution in [2.45, 2.75) is 52.0 Å². The highest BCUT2D eigenvalue weighted by atomic mass is 16.5. The summed E-state index contributed by atoms with van der Waals surface area (Å²) in [6, 6.07) is 0.576. The summed E-state index contributed by atoms with van der Waals surface area (Å²) < 4.78 is 5.70. The normalized spacial score (nSPS) is 30.8. The largest absolute Gasteiger partial charge is 0.381 e. The lowest BCUT2D eigenvalue weighted by Gasteiger charge is -2.34. The van der Waals surface area contributed by atoms with E-state index in [0.717, 1.165) is 19.8 Å². The van der Waals surface area contributed by atoms with E-state index in [1.165, 1.54) is 51.7 Å². The second-order valence-corrected chi connectivity index (χ2v) is 6.53. The van der Waals surface area contributed by atoms with Crippen LogP contribution in [0.4, 0.5) is 0 Å². The van der Waals surface area contributed by atoms with E-state index in [-0.39, 0.29) is 0 Å². The Morgan fingerprint density at radius 3 is 2.44 bits per heavy atom. The summed E-state index contributed by atoms with van der Waals surface area (Å²) in [6.45, 7) is 11.3. The maximum atomic E-state index is 5.70. The summed E-state index contributed by atoms with van der Waals surface area (Å²) in [4.78, 5) is 2.68. The van der Waals surface area contributed by atoms with Gasteiger partial charge in [-0.25, -0.2) is 0 Å². The number of likely N-dealkylation sites (tertiary alicyclic amines) is 1. The van der Waals surface area contributed by atoms with Crippen LogP contribution in [0, 0.1) is 5.41 Å². The molecule has 0 aromatic heterocycles. The molecule has 0 saturated carbocycles. The van der Waals surface area contributed by atoms with E-state index in [4.69, 9.17) is 4.74 Å². The van der Waals surface area contributed by atoms with Gasteiger partial charge in [0.15, 0.2) is 0 Å². The summed E-state index contributed by atoms with van der Waals surface area (Å²) in [5, 5.41) is 3.63. The van der Waals surface area contributed by atoms with Crippen molar-refractivity contribution in [3.8, 4) is 0 Å². The highest BCUT2D eigenvalue weighted by molar-refractivity contribution is 4.89. The van der Waals surface area contributed by atoms with Crippen LogP contribution in [0.15, 0.2) is 0 Å². The van der Waals surface area contributed by atoms with Crippen LogP contribution in [0.25, 0.3) is 0 Å². The molecule has 2 saturated heterocycles. The Morgan fingerprint density at radius 2 is 1.89 bits per heavy atom. The molecule has 0 aromatic carbocycles. The lowest BCUT2D eigenvalue weighted by atomic mass is 9.86. The average molecular weight is 254 g/mol. The van der Waals surface area contributed by atoms with Crippen molar-refractivity contribution < 1.29 is 4.74 Å². The zero-order chi connectivity index (χ0) is 12.8. The molecule has 0 amide bonds. The molecule has 0 aliphatic carbocycles. The number of nitrogens with one attached hydrogen (secondary N) is 1. The van der Waals surface area contributed by atoms with Gasteiger partial charge in [0.25, 0.3) is 0 Å². The maximum Gasteiger partial charge on any atom is 0.0547 e. The van der Waals surface area contributed by atoms with Crippen LogP contribution in [-0.4, -0.2) is 50.3 Å². The first-order valence-electron chi connectivity index (χ1n) is 7.74. The van der Waals surface area contributed by atoms with Gasteiger partial charge in [-0.3, -0.25) is 0 Å². The van der Waals surface area contributed by atoms with Crippen LogP contribution < -0.4 is 5.32 Å². The van der Waals surface area contributed by atoms with Gasteiger partial charge in [-0.2, -0.15) is 0 Å². The van der Waals surface area contributed by atoms with Crippen molar-refractivity contribution in [3.05, 3.63) is 0 Å². The summed E-state index contributed by atoms with van der Waals surface area (Å²) in [6.07, 6.45) is 6.83. The van der Waals surface area contributed by atoms with Crippen LogP contribution in [-0.2, 0) is 4.74 Å². The smallest absolute Gasteiger partial charge is 0.0547 e. The van der Waals surface area contributed by atoms with Crippen molar-refractivity contribution in [2.75, 3.05) is 39.4 Å². The van der Waals surface area contributed by atoms with Gasteiger partial charge in [0.1, 0.15) is 0 Å². The van der Waals surface area contributed by atoms with Crippen LogP contribution in [0.2, 0.25) is 0 Å². The number of hydrogen-bond donors (Lipinski definition) is 1. The van der Waals surface area contributed by atoms with Gasteiger partial charge in [0.2, 0.25) is 0 Å². The van der Waals surface area contributed by atoms with Crippen LogP contribution in [0.1, 0.15) is 46.0 Å². The minimum absolute atomic E-state index is 0.370. The molecule has 2 aliphatic heterocycles. The van der Waals surface area contributed by atoms with Crippen molar-refractivity contribution in [3.63, 3.8) is 0 Å². The fourth-order valence-electron chi connectivity index (χ4n) is 3.16. The lowest BCUT2D eigenvalue weighted by Crippen LogP contribution is -2.46. The first-order chi connectivity index (χ1) is 8.70. The number of hydrogen-bond acceptors (Lipinski definition) is 3. The molecule has 3 nitrogen and oxygen atoms in total. The molecular weight excluding hydrogens is 224 g/mol. The highest BCUT2D eigenvalue weighted by Gasteiger charge is 2.36. The molecule has 2 fully saturated rings. The minimum atomic E-state index is 0.370. The molecule has 2 aliphatic rings. The van der Waals surface area contributed by atoms with Gasteiger partial charge in [-0.1, -0.05) is 26.7 Å². The molecule has 0 bridgehead atoms. The molecule has 2 rings (SSSR count). The standard InChI is InChI=1S/C15H30N2O/c1-14(2)16-11-15(7-10-18-13-15)12-17-8-5-3-4-6-9-17/h14,16H,3-13H2,1-2H3. The first kappa shape index (κ1) is 14.3. The van der Waals surface area contributed by atoms with E-state index in [9.17, 15) is 0 Å². The Hall–Kier alpha value is -0.120. The van der Waals surface area contributed by atoms with Crippen LogP contribution in [0.5, 0.6) is 0 Å². The fraction of sp³-hybridized carbons (Fsp3) is 1.00. The van der Waals surface area contributed by atoms with Gasteiger partial charge < -0.3 is 15.0 Å². The molecule has 106 valence electrons. The quantitative estimate of drug-likeness (QED) is 0.814. The van der Waals surface area contributed by atoms with Gasteiger partial charge >= 0.3 is 0 Å². The van der Waals surface area contributed by atoms with Gasteiger partial charge in [0, 0.05) is 31.2 Å². The Kier molecular flexibility index (Phi) is 5.46. The zero-order valence-electron chi connectivity index (χ0n) is 12.2. The van der Waals surface area contributed by atoms with Crippen molar-refractivity contribution in [1.82, 2.24) is 10.2 Å². The molecule has 18 heavy (non-hydrogen) atoms. The first-order valence-corrected chi connectivity index (χ1v) is 7.74. The molecule has 0 radical (unpaired) electrons. The number of ether oxygens (including phenoxy) is 1. The second kappa shape index (κ2) is 6.88. The van der Waals surface area contributed by atoms with Crippen molar-refractivity contribution in [2.24, 2.45) is 5.41 Å². The highest BCUT2D eigenvalue weighted by Crippen LogP contribution is 2.30. The van der Waals surface area contributed by atoms with Gasteiger partial charge in [-0.15, -0.1) is 0 Å². The molecule has 1 atom stereocenters. The van der Waals surface area contributed by atoms with E-state index >= 15 is 0 Å². The van der Waals surface area contributed by atoms with E-state index < -0.39 is 0 Å². The molecule has 3 heteroatoms. The SMILES string of the molecule is CC(C)NCC1(CN2CCCCCC2)CCOC1. The van der Waals surface area contributed by atoms with Crippen LogP contribution in [0.3, 0.4) is 0 Å². The summed E-state index contributed by atoms with van der Waals surface area (Å²) in [5.74, 6) is 0. The number of rotatable bonds is 5. The van der Waals surface area contributed by atoms with E-state index in [0.29, 0.717) is 11.5 Å². The third kappa shape index (κ3) is 4.22. The topological polar surface area (TPSA) is 24.5 Å². The molecule has 0 aromatic rings. The molecule has 1 unspecified atom stereocenters. The third-order valence-corrected chi connectivity index (χ3v) is 4.33. The summed E-state index contributed by atoms with van der Waals surface area (Å²) in [5.41, 5.74) is 0.370. The Balaban J connectivity index is 1.87. The molecule has 2 heterocycles. The van der Waals surface area contributed by atoms with Crippen LogP contribution >= 0.6 is 0 Å².